The molecule has 0 saturated carbocycles. The lowest BCUT2D eigenvalue weighted by Gasteiger charge is -2.46. The summed E-state index contributed by atoms with van der Waals surface area (Å²) in [6, 6.07) is -0.822. The second kappa shape index (κ2) is 47.8. The Kier molecular flexibility index (Phi) is 44.6. The maximum atomic E-state index is 13.3. The third-order valence-electron chi connectivity index (χ3n) is 16.1. The standard InChI is InChI=1S/C61H119NO13/c1-3-5-7-9-11-13-15-17-19-20-21-22-23-24-25-26-27-28-29-30-31-33-35-37-39-41-43-45-53(66)62-49(50(65)44-42-40-38-36-34-32-18-16-14-12-10-8-6-4-2)48-72-60-58(71)56(69)59(52(47-64)74-60)75-61-57(70)55(68)54(67)51(46-63)73-61/h49-52,54-61,63-65,67-71H,3-48H2,1-2H3,(H,62,66). The first-order valence-electron chi connectivity index (χ1n) is 31.8. The Morgan fingerprint density at radius 1 is 0.427 bits per heavy atom. The first-order valence-corrected chi connectivity index (χ1v) is 31.8. The molecule has 2 fully saturated rings. The number of carbonyl (C=O) groups excluding carboxylic acids is 1. The molecule has 446 valence electrons. The molecule has 0 aromatic rings. The fourth-order valence-electron chi connectivity index (χ4n) is 10.9. The molecule has 2 aliphatic rings. The van der Waals surface area contributed by atoms with Crippen LogP contribution < -0.4 is 5.32 Å². The SMILES string of the molecule is CCCCCCCCCCCCCCCCCCCCCCCCCCCCCC(=O)NC(COC1OC(CO)C(OC2OC(CO)C(O)C(O)C2O)C(O)C1O)C(O)CCCCCCCCCCCCCCCC. The highest BCUT2D eigenvalue weighted by atomic mass is 16.7. The molecule has 9 N–H and O–H groups in total. The van der Waals surface area contributed by atoms with Gasteiger partial charge in [-0.1, -0.05) is 271 Å². The zero-order valence-electron chi connectivity index (χ0n) is 48.1. The summed E-state index contributed by atoms with van der Waals surface area (Å²) in [4.78, 5) is 13.3. The van der Waals surface area contributed by atoms with Crippen molar-refractivity contribution < 1.29 is 64.6 Å². The maximum absolute atomic E-state index is 13.3. The van der Waals surface area contributed by atoms with Crippen molar-refractivity contribution in [2.45, 2.75) is 364 Å². The summed E-state index contributed by atoms with van der Waals surface area (Å²) in [6.45, 7) is 2.90. The lowest BCUT2D eigenvalue weighted by Crippen LogP contribution is -2.65. The first-order chi connectivity index (χ1) is 36.6. The van der Waals surface area contributed by atoms with E-state index in [-0.39, 0.29) is 12.5 Å². The van der Waals surface area contributed by atoms with E-state index in [2.05, 4.69) is 19.2 Å². The molecule has 0 aliphatic carbocycles. The van der Waals surface area contributed by atoms with Crippen LogP contribution in [-0.2, 0) is 23.7 Å². The predicted octanol–water partition coefficient (Wildman–Crippen LogP) is 11.3. The van der Waals surface area contributed by atoms with Crippen LogP contribution in [0.5, 0.6) is 0 Å². The lowest BCUT2D eigenvalue weighted by molar-refractivity contribution is -0.359. The van der Waals surface area contributed by atoms with Crippen LogP contribution in [-0.4, -0.2) is 140 Å². The van der Waals surface area contributed by atoms with Crippen molar-refractivity contribution in [3.8, 4) is 0 Å². The Balaban J connectivity index is 1.67. The summed E-state index contributed by atoms with van der Waals surface area (Å²) in [5.41, 5.74) is 0. The minimum atomic E-state index is -1.78. The van der Waals surface area contributed by atoms with Gasteiger partial charge >= 0.3 is 0 Å². The van der Waals surface area contributed by atoms with Gasteiger partial charge in [0.2, 0.25) is 5.91 Å². The molecule has 14 nitrogen and oxygen atoms in total. The van der Waals surface area contributed by atoms with E-state index in [4.69, 9.17) is 18.9 Å². The molecule has 2 aliphatic heterocycles. The molecular weight excluding hydrogens is 955 g/mol. The van der Waals surface area contributed by atoms with Gasteiger partial charge in [-0.15, -0.1) is 0 Å². The Bertz CT molecular complexity index is 1270. The average molecular weight is 1070 g/mol. The van der Waals surface area contributed by atoms with Crippen molar-refractivity contribution in [3.05, 3.63) is 0 Å². The van der Waals surface area contributed by atoms with Gasteiger partial charge in [0.15, 0.2) is 12.6 Å². The van der Waals surface area contributed by atoms with Crippen molar-refractivity contribution in [1.29, 1.82) is 0 Å². The van der Waals surface area contributed by atoms with Gasteiger partial charge in [0.05, 0.1) is 32.0 Å². The fourth-order valence-corrected chi connectivity index (χ4v) is 10.9. The number of aliphatic hydroxyl groups is 8. The van der Waals surface area contributed by atoms with Crippen LogP contribution in [0.4, 0.5) is 0 Å². The number of amides is 1. The molecule has 0 radical (unpaired) electrons. The minimum Gasteiger partial charge on any atom is -0.394 e. The minimum absolute atomic E-state index is 0.199. The number of nitrogens with one attached hydrogen (secondary N) is 1. The van der Waals surface area contributed by atoms with Crippen LogP contribution >= 0.6 is 0 Å². The van der Waals surface area contributed by atoms with E-state index in [9.17, 15) is 45.6 Å². The van der Waals surface area contributed by atoms with E-state index in [0.717, 1.165) is 51.4 Å². The van der Waals surface area contributed by atoms with E-state index < -0.39 is 86.8 Å². The predicted molar refractivity (Wildman–Crippen MR) is 300 cm³/mol. The zero-order chi connectivity index (χ0) is 54.6. The van der Waals surface area contributed by atoms with E-state index in [0.29, 0.717) is 12.8 Å². The number of carbonyl (C=O) groups is 1. The largest absolute Gasteiger partial charge is 0.394 e. The number of ether oxygens (including phenoxy) is 4. The number of hydrogen-bond acceptors (Lipinski definition) is 13. The highest BCUT2D eigenvalue weighted by Gasteiger charge is 2.51. The maximum Gasteiger partial charge on any atom is 0.220 e. The average Bonchev–Trinajstić information content (AvgIpc) is 3.41. The molecule has 14 heteroatoms. The summed E-state index contributed by atoms with van der Waals surface area (Å²) < 4.78 is 22.8. The molecule has 12 unspecified atom stereocenters. The van der Waals surface area contributed by atoms with Gasteiger partial charge in [-0.2, -0.15) is 0 Å². The fraction of sp³-hybridized carbons (Fsp3) is 0.984. The van der Waals surface area contributed by atoms with Crippen LogP contribution in [0, 0.1) is 0 Å². The second-order valence-corrected chi connectivity index (χ2v) is 22.9. The van der Waals surface area contributed by atoms with E-state index in [1.165, 1.54) is 212 Å². The molecular formula is C61H119NO13. The molecule has 0 aromatic carbocycles. The molecule has 0 spiro atoms. The normalized spacial score (nSPS) is 24.9. The second-order valence-electron chi connectivity index (χ2n) is 22.9. The van der Waals surface area contributed by atoms with Crippen LogP contribution in [0.1, 0.15) is 290 Å². The Morgan fingerprint density at radius 2 is 0.760 bits per heavy atom. The highest BCUT2D eigenvalue weighted by molar-refractivity contribution is 5.76. The molecule has 12 atom stereocenters. The number of aliphatic hydroxyl groups excluding tert-OH is 8. The van der Waals surface area contributed by atoms with Crippen LogP contribution in [0.25, 0.3) is 0 Å². The molecule has 1 amide bonds. The van der Waals surface area contributed by atoms with Gasteiger partial charge in [-0.05, 0) is 12.8 Å². The lowest BCUT2D eigenvalue weighted by atomic mass is 9.97. The third-order valence-corrected chi connectivity index (χ3v) is 16.1. The summed E-state index contributed by atoms with van der Waals surface area (Å²) in [5, 5.41) is 87.3. The topological polar surface area (TPSA) is 228 Å². The van der Waals surface area contributed by atoms with Gasteiger partial charge < -0.3 is 65.1 Å². The van der Waals surface area contributed by atoms with Crippen LogP contribution in [0.3, 0.4) is 0 Å². The molecule has 0 bridgehead atoms. The molecule has 2 saturated heterocycles. The van der Waals surface area contributed by atoms with E-state index >= 15 is 0 Å². The Labute approximate surface area is 457 Å². The zero-order valence-corrected chi connectivity index (χ0v) is 48.1. The molecule has 75 heavy (non-hydrogen) atoms. The van der Waals surface area contributed by atoms with Crippen molar-refractivity contribution >= 4 is 5.91 Å². The number of unbranched alkanes of at least 4 members (excludes halogenated alkanes) is 39. The van der Waals surface area contributed by atoms with Crippen molar-refractivity contribution in [2.24, 2.45) is 0 Å². The van der Waals surface area contributed by atoms with Gasteiger partial charge in [-0.25, -0.2) is 0 Å². The summed E-state index contributed by atoms with van der Waals surface area (Å²) >= 11 is 0. The quantitative estimate of drug-likeness (QED) is 0.0259. The van der Waals surface area contributed by atoms with E-state index in [1.54, 1.807) is 0 Å². The van der Waals surface area contributed by atoms with Gasteiger partial charge in [0.1, 0.15) is 48.8 Å². The molecule has 2 rings (SSSR count). The van der Waals surface area contributed by atoms with Crippen molar-refractivity contribution in [3.63, 3.8) is 0 Å². The smallest absolute Gasteiger partial charge is 0.220 e. The monoisotopic (exact) mass is 1070 g/mol. The third kappa shape index (κ3) is 33.4. The van der Waals surface area contributed by atoms with Gasteiger partial charge in [-0.3, -0.25) is 4.79 Å². The number of hydrogen-bond donors (Lipinski definition) is 9. The van der Waals surface area contributed by atoms with Crippen molar-refractivity contribution in [1.82, 2.24) is 5.32 Å². The summed E-state index contributed by atoms with van der Waals surface area (Å²) in [7, 11) is 0. The summed E-state index contributed by atoms with van der Waals surface area (Å²) in [6.07, 6.45) is 36.9. The summed E-state index contributed by atoms with van der Waals surface area (Å²) in [5.74, 6) is -0.199. The van der Waals surface area contributed by atoms with E-state index in [1.807, 2.05) is 0 Å². The Morgan fingerprint density at radius 3 is 1.13 bits per heavy atom. The van der Waals surface area contributed by atoms with Crippen LogP contribution in [0.15, 0.2) is 0 Å². The van der Waals surface area contributed by atoms with Crippen molar-refractivity contribution in [2.75, 3.05) is 19.8 Å². The number of rotatable bonds is 52. The van der Waals surface area contributed by atoms with Gasteiger partial charge in [0.25, 0.3) is 0 Å². The van der Waals surface area contributed by atoms with Crippen LogP contribution in [0.2, 0.25) is 0 Å². The van der Waals surface area contributed by atoms with Gasteiger partial charge in [0, 0.05) is 6.42 Å². The Hall–Kier alpha value is -1.01. The molecule has 2 heterocycles. The first kappa shape index (κ1) is 70.1. The highest BCUT2D eigenvalue weighted by Crippen LogP contribution is 2.30. The molecule has 0 aromatic heterocycles.